The lowest BCUT2D eigenvalue weighted by Crippen LogP contribution is -2.26. The molecule has 0 saturated heterocycles. The van der Waals surface area contributed by atoms with Crippen LogP contribution in [0, 0.1) is 5.82 Å². The zero-order valence-corrected chi connectivity index (χ0v) is 19.2. The Morgan fingerprint density at radius 2 is 1.64 bits per heavy atom. The van der Waals surface area contributed by atoms with Crippen molar-refractivity contribution in [3.63, 3.8) is 0 Å². The Balaban J connectivity index is 1.29. The summed E-state index contributed by atoms with van der Waals surface area (Å²) in [6.07, 6.45) is 3.90. The van der Waals surface area contributed by atoms with E-state index in [1.54, 1.807) is 12.1 Å². The summed E-state index contributed by atoms with van der Waals surface area (Å²) in [5.41, 5.74) is 3.44. The molecular formula is C27H27ClFN3O. The van der Waals surface area contributed by atoms with Crippen LogP contribution in [0.25, 0.3) is 11.0 Å². The van der Waals surface area contributed by atoms with Crippen LogP contribution in [0.2, 0.25) is 5.02 Å². The van der Waals surface area contributed by atoms with Crippen LogP contribution in [0.5, 0.6) is 0 Å². The number of halogens is 2. The monoisotopic (exact) mass is 463 g/mol. The number of nitrogens with one attached hydrogen (secondary N) is 1. The van der Waals surface area contributed by atoms with E-state index in [0.717, 1.165) is 48.1 Å². The number of imidazole rings is 1. The van der Waals surface area contributed by atoms with Crippen molar-refractivity contribution in [2.45, 2.75) is 38.6 Å². The maximum absolute atomic E-state index is 14.3. The van der Waals surface area contributed by atoms with Crippen molar-refractivity contribution in [1.82, 2.24) is 14.9 Å². The molecular weight excluding hydrogens is 437 g/mol. The number of aromatic nitrogens is 2. The van der Waals surface area contributed by atoms with Crippen molar-refractivity contribution in [2.24, 2.45) is 0 Å². The van der Waals surface area contributed by atoms with Crippen LogP contribution in [0.3, 0.4) is 0 Å². The number of para-hydroxylation sites is 2. The summed E-state index contributed by atoms with van der Waals surface area (Å²) in [5, 5.41) is 3.59. The fourth-order valence-electron chi connectivity index (χ4n) is 3.98. The van der Waals surface area contributed by atoms with Crippen LogP contribution in [-0.4, -0.2) is 22.0 Å². The number of benzene rings is 3. The maximum atomic E-state index is 14.3. The third-order valence-corrected chi connectivity index (χ3v) is 6.10. The van der Waals surface area contributed by atoms with Crippen molar-refractivity contribution in [1.29, 1.82) is 0 Å². The molecule has 0 aliphatic carbocycles. The maximum Gasteiger partial charge on any atom is 0.224 e. The van der Waals surface area contributed by atoms with Crippen molar-refractivity contribution in [3.05, 3.63) is 101 Å². The van der Waals surface area contributed by atoms with Crippen LogP contribution in [-0.2, 0) is 24.2 Å². The van der Waals surface area contributed by atoms with Crippen molar-refractivity contribution >= 4 is 28.5 Å². The zero-order chi connectivity index (χ0) is 23.0. The first-order chi connectivity index (χ1) is 16.1. The van der Waals surface area contributed by atoms with Crippen LogP contribution in [0.15, 0.2) is 72.8 Å². The number of fused-ring (bicyclic) bond motifs is 1. The van der Waals surface area contributed by atoms with E-state index < -0.39 is 0 Å². The van der Waals surface area contributed by atoms with Gasteiger partial charge < -0.3 is 9.88 Å². The van der Waals surface area contributed by atoms with Crippen molar-refractivity contribution < 1.29 is 9.18 Å². The van der Waals surface area contributed by atoms with Gasteiger partial charge in [0.1, 0.15) is 11.6 Å². The average Bonchev–Trinajstić information content (AvgIpc) is 3.16. The van der Waals surface area contributed by atoms with E-state index in [-0.39, 0.29) is 11.7 Å². The molecule has 1 amide bonds. The van der Waals surface area contributed by atoms with Gasteiger partial charge in [-0.1, -0.05) is 66.6 Å². The Labute approximate surface area is 198 Å². The molecule has 6 heteroatoms. The molecule has 1 aromatic heterocycles. The lowest BCUT2D eigenvalue weighted by atomic mass is 10.1. The molecule has 4 nitrogen and oxygen atoms in total. The molecule has 0 saturated carbocycles. The molecule has 0 bridgehead atoms. The normalized spacial score (nSPS) is 11.1. The lowest BCUT2D eigenvalue weighted by molar-refractivity contribution is -0.120. The Morgan fingerprint density at radius 3 is 2.45 bits per heavy atom. The second-order valence-electron chi connectivity index (χ2n) is 8.12. The first-order valence-corrected chi connectivity index (χ1v) is 11.7. The summed E-state index contributed by atoms with van der Waals surface area (Å²) in [7, 11) is 0. The van der Waals surface area contributed by atoms with Crippen LogP contribution in [0.4, 0.5) is 4.39 Å². The minimum absolute atomic E-state index is 0.0187. The fourth-order valence-corrected chi connectivity index (χ4v) is 4.18. The van der Waals surface area contributed by atoms with E-state index in [9.17, 15) is 9.18 Å². The molecule has 1 N–H and O–H groups in total. The molecule has 170 valence electrons. The standard InChI is InChI=1S/C27H27ClFN3O/c28-22-12-5-3-10-20(22)18-27(33)30-17-9-1-2-16-26-31-24-14-7-8-15-25(24)32(26)19-21-11-4-6-13-23(21)29/h3-8,10-15H,1-2,9,16-19H2,(H,30,33). The van der Waals surface area contributed by atoms with Crippen molar-refractivity contribution in [2.75, 3.05) is 6.54 Å². The Kier molecular flexibility index (Phi) is 7.74. The van der Waals surface area contributed by atoms with E-state index in [0.29, 0.717) is 30.1 Å². The van der Waals surface area contributed by atoms with E-state index >= 15 is 0 Å². The first kappa shape index (κ1) is 23.0. The molecule has 0 atom stereocenters. The number of carbonyl (C=O) groups excluding carboxylic acids is 1. The predicted molar refractivity (Wildman–Crippen MR) is 131 cm³/mol. The summed E-state index contributed by atoms with van der Waals surface area (Å²) in [4.78, 5) is 16.9. The van der Waals surface area contributed by atoms with Crippen molar-refractivity contribution in [3.8, 4) is 0 Å². The van der Waals surface area contributed by atoms with Gasteiger partial charge in [0.15, 0.2) is 0 Å². The summed E-state index contributed by atoms with van der Waals surface area (Å²) < 4.78 is 16.4. The lowest BCUT2D eigenvalue weighted by Gasteiger charge is -2.10. The number of rotatable bonds is 10. The smallest absolute Gasteiger partial charge is 0.224 e. The third-order valence-electron chi connectivity index (χ3n) is 5.73. The van der Waals surface area contributed by atoms with Gasteiger partial charge in [-0.15, -0.1) is 0 Å². The van der Waals surface area contributed by atoms with E-state index in [1.165, 1.54) is 6.07 Å². The summed E-state index contributed by atoms with van der Waals surface area (Å²) in [6, 6.07) is 22.3. The number of hydrogen-bond acceptors (Lipinski definition) is 2. The molecule has 0 radical (unpaired) electrons. The van der Waals surface area contributed by atoms with Gasteiger partial charge in [0.05, 0.1) is 24.0 Å². The fraction of sp³-hybridized carbons (Fsp3) is 0.259. The van der Waals surface area contributed by atoms with Gasteiger partial charge in [0.2, 0.25) is 5.91 Å². The number of amides is 1. The number of nitrogens with zero attached hydrogens (tertiary/aromatic N) is 2. The number of aryl methyl sites for hydroxylation is 1. The van der Waals surface area contributed by atoms with E-state index in [2.05, 4.69) is 9.88 Å². The highest BCUT2D eigenvalue weighted by molar-refractivity contribution is 6.31. The molecule has 1 heterocycles. The van der Waals surface area contributed by atoms with Gasteiger partial charge in [-0.3, -0.25) is 4.79 Å². The van der Waals surface area contributed by atoms with Gasteiger partial charge in [0, 0.05) is 23.6 Å². The SMILES string of the molecule is O=C(Cc1ccccc1Cl)NCCCCCc1nc2ccccc2n1Cc1ccccc1F. The second-order valence-corrected chi connectivity index (χ2v) is 8.53. The van der Waals surface area contributed by atoms with Gasteiger partial charge in [-0.05, 0) is 42.7 Å². The van der Waals surface area contributed by atoms with Gasteiger partial charge in [-0.2, -0.15) is 0 Å². The highest BCUT2D eigenvalue weighted by atomic mass is 35.5. The molecule has 33 heavy (non-hydrogen) atoms. The summed E-state index contributed by atoms with van der Waals surface area (Å²) in [5.74, 6) is 0.741. The van der Waals surface area contributed by atoms with Crippen LogP contribution >= 0.6 is 11.6 Å². The van der Waals surface area contributed by atoms with Crippen LogP contribution in [0.1, 0.15) is 36.2 Å². The molecule has 0 spiro atoms. The number of unbranched alkanes of at least 4 members (excludes halogenated alkanes) is 2. The number of hydrogen-bond donors (Lipinski definition) is 1. The molecule has 0 fully saturated rings. The van der Waals surface area contributed by atoms with Crippen LogP contribution < -0.4 is 5.32 Å². The van der Waals surface area contributed by atoms with E-state index in [1.807, 2.05) is 54.6 Å². The first-order valence-electron chi connectivity index (χ1n) is 11.3. The topological polar surface area (TPSA) is 46.9 Å². The average molecular weight is 464 g/mol. The largest absolute Gasteiger partial charge is 0.356 e. The van der Waals surface area contributed by atoms with Gasteiger partial charge >= 0.3 is 0 Å². The summed E-state index contributed by atoms with van der Waals surface area (Å²) >= 11 is 6.12. The highest BCUT2D eigenvalue weighted by Crippen LogP contribution is 2.21. The predicted octanol–water partition coefficient (Wildman–Crippen LogP) is 5.95. The highest BCUT2D eigenvalue weighted by Gasteiger charge is 2.12. The second kappa shape index (κ2) is 11.1. The minimum atomic E-state index is -0.200. The molecule has 3 aromatic carbocycles. The molecule has 0 unspecified atom stereocenters. The summed E-state index contributed by atoms with van der Waals surface area (Å²) in [6.45, 7) is 1.09. The molecule has 0 aliphatic rings. The van der Waals surface area contributed by atoms with Gasteiger partial charge in [0.25, 0.3) is 0 Å². The Hall–Kier alpha value is -3.18. The third kappa shape index (κ3) is 5.99. The van der Waals surface area contributed by atoms with E-state index in [4.69, 9.17) is 16.6 Å². The van der Waals surface area contributed by atoms with Gasteiger partial charge in [-0.25, -0.2) is 9.37 Å². The zero-order valence-electron chi connectivity index (χ0n) is 18.4. The Bertz CT molecular complexity index is 1240. The molecule has 4 aromatic rings. The quantitative estimate of drug-likeness (QED) is 0.295. The Morgan fingerprint density at radius 1 is 0.909 bits per heavy atom. The number of carbonyl (C=O) groups is 1. The minimum Gasteiger partial charge on any atom is -0.356 e. The molecule has 0 aliphatic heterocycles. The molecule has 4 rings (SSSR count).